The van der Waals surface area contributed by atoms with Crippen LogP contribution < -0.4 is 0 Å². The van der Waals surface area contributed by atoms with Crippen LogP contribution in [0, 0.1) is 23.7 Å². The van der Waals surface area contributed by atoms with Gasteiger partial charge in [0.05, 0.1) is 5.92 Å². The first-order valence-corrected chi connectivity index (χ1v) is 3.83. The highest BCUT2D eigenvalue weighted by Gasteiger charge is 2.48. The van der Waals surface area contributed by atoms with Gasteiger partial charge in [-0.3, -0.25) is 0 Å². The number of rotatable bonds is 0. The molecular formula is C8H6F6. The predicted molar refractivity (Wildman–Crippen MR) is 36.1 cm³/mol. The highest BCUT2D eigenvalue weighted by atomic mass is 19.4. The molecule has 0 amide bonds. The van der Waals surface area contributed by atoms with Crippen LogP contribution in [-0.2, 0) is 0 Å². The molecule has 0 radical (unpaired) electrons. The fraction of sp³-hybridized carbons (Fsp3) is 0.750. The molecule has 1 aliphatic rings. The molecule has 14 heavy (non-hydrogen) atoms. The van der Waals surface area contributed by atoms with Crippen LogP contribution in [0.15, 0.2) is 0 Å². The van der Waals surface area contributed by atoms with Gasteiger partial charge in [0.2, 0.25) is 0 Å². The third-order valence-electron chi connectivity index (χ3n) is 2.00. The summed E-state index contributed by atoms with van der Waals surface area (Å²) in [6.07, 6.45) is -10.7. The first-order chi connectivity index (χ1) is 6.21. The lowest BCUT2D eigenvalue weighted by molar-refractivity contribution is -0.201. The maximum Gasteiger partial charge on any atom is 0.402 e. The molecule has 0 heterocycles. The average Bonchev–Trinajstić information content (AvgIpc) is 2.01. The number of hydrogen-bond acceptors (Lipinski definition) is 0. The molecule has 0 bridgehead atoms. The van der Waals surface area contributed by atoms with Crippen molar-refractivity contribution in [3.8, 4) is 11.8 Å². The third-order valence-corrected chi connectivity index (χ3v) is 2.00. The van der Waals surface area contributed by atoms with E-state index in [2.05, 4.69) is 0 Å². The zero-order valence-electron chi connectivity index (χ0n) is 6.84. The van der Waals surface area contributed by atoms with Crippen LogP contribution in [-0.4, -0.2) is 12.4 Å². The summed E-state index contributed by atoms with van der Waals surface area (Å²) in [5.41, 5.74) is 0. The predicted octanol–water partition coefficient (Wildman–Crippen LogP) is 3.14. The third kappa shape index (κ3) is 2.56. The van der Waals surface area contributed by atoms with E-state index in [9.17, 15) is 26.3 Å². The van der Waals surface area contributed by atoms with Gasteiger partial charge in [-0.1, -0.05) is 5.92 Å². The summed E-state index contributed by atoms with van der Waals surface area (Å²) in [6.45, 7) is 0. The second-order valence-electron chi connectivity index (χ2n) is 3.09. The highest BCUT2D eigenvalue weighted by Crippen LogP contribution is 2.40. The molecule has 1 aliphatic carbocycles. The molecule has 2 atom stereocenters. The Bertz CT molecular complexity index is 262. The molecule has 0 aromatic rings. The van der Waals surface area contributed by atoms with Crippen LogP contribution in [0.4, 0.5) is 26.3 Å². The van der Waals surface area contributed by atoms with Crippen molar-refractivity contribution in [1.82, 2.24) is 0 Å². The highest BCUT2D eigenvalue weighted by molar-refractivity contribution is 5.12. The van der Waals surface area contributed by atoms with Crippen molar-refractivity contribution in [2.45, 2.75) is 25.2 Å². The summed E-state index contributed by atoms with van der Waals surface area (Å²) >= 11 is 0. The molecule has 0 aromatic carbocycles. The fourth-order valence-corrected chi connectivity index (χ4v) is 1.20. The second kappa shape index (κ2) is 3.37. The van der Waals surface area contributed by atoms with Gasteiger partial charge in [0.1, 0.15) is 5.92 Å². The summed E-state index contributed by atoms with van der Waals surface area (Å²) in [5, 5.41) is 0. The average molecular weight is 216 g/mol. The number of hydrogen-bond donors (Lipinski definition) is 0. The van der Waals surface area contributed by atoms with Gasteiger partial charge < -0.3 is 0 Å². The second-order valence-corrected chi connectivity index (χ2v) is 3.09. The molecule has 0 N–H and O–H groups in total. The van der Waals surface area contributed by atoms with Crippen LogP contribution in [0.2, 0.25) is 0 Å². The summed E-state index contributed by atoms with van der Waals surface area (Å²) in [5.74, 6) is -0.391. The zero-order valence-corrected chi connectivity index (χ0v) is 6.84. The van der Waals surface area contributed by atoms with Gasteiger partial charge in [0.15, 0.2) is 0 Å². The Morgan fingerprint density at radius 2 is 1.50 bits per heavy atom. The molecule has 0 aromatic heterocycles. The number of halogens is 6. The van der Waals surface area contributed by atoms with E-state index >= 15 is 0 Å². The van der Waals surface area contributed by atoms with E-state index in [4.69, 9.17) is 0 Å². The van der Waals surface area contributed by atoms with E-state index in [0.717, 1.165) is 0 Å². The molecular weight excluding hydrogens is 210 g/mol. The van der Waals surface area contributed by atoms with Gasteiger partial charge in [0, 0.05) is 6.42 Å². The maximum absolute atomic E-state index is 12.1. The van der Waals surface area contributed by atoms with Crippen molar-refractivity contribution in [2.75, 3.05) is 0 Å². The Morgan fingerprint density at radius 1 is 0.929 bits per heavy atom. The van der Waals surface area contributed by atoms with Crippen LogP contribution in [0.3, 0.4) is 0 Å². The van der Waals surface area contributed by atoms with E-state index in [0.29, 0.717) is 0 Å². The molecule has 2 unspecified atom stereocenters. The largest absolute Gasteiger partial charge is 0.402 e. The van der Waals surface area contributed by atoms with E-state index < -0.39 is 37.0 Å². The fourth-order valence-electron chi connectivity index (χ4n) is 1.20. The van der Waals surface area contributed by atoms with E-state index in [-0.39, 0.29) is 0 Å². The number of alkyl halides is 6. The van der Waals surface area contributed by atoms with Crippen molar-refractivity contribution >= 4 is 0 Å². The monoisotopic (exact) mass is 216 g/mol. The zero-order chi connectivity index (χ0) is 11.0. The van der Waals surface area contributed by atoms with Crippen molar-refractivity contribution in [3.63, 3.8) is 0 Å². The van der Waals surface area contributed by atoms with Gasteiger partial charge in [-0.15, -0.1) is 5.92 Å². The first kappa shape index (κ1) is 11.2. The Labute approximate surface area is 76.3 Å². The van der Waals surface area contributed by atoms with Crippen molar-refractivity contribution in [3.05, 3.63) is 0 Å². The van der Waals surface area contributed by atoms with E-state index in [1.54, 1.807) is 5.92 Å². The lowest BCUT2D eigenvalue weighted by Crippen LogP contribution is -2.32. The smallest absolute Gasteiger partial charge is 0.171 e. The van der Waals surface area contributed by atoms with Gasteiger partial charge >= 0.3 is 12.4 Å². The summed E-state index contributed by atoms with van der Waals surface area (Å²) in [4.78, 5) is 0. The van der Waals surface area contributed by atoms with E-state index in [1.807, 2.05) is 5.92 Å². The summed E-state index contributed by atoms with van der Waals surface area (Å²) < 4.78 is 72.3. The molecule has 0 aliphatic heterocycles. The molecule has 1 rings (SSSR count). The Morgan fingerprint density at radius 3 is 1.93 bits per heavy atom. The SMILES string of the molecule is FC(F)(F)C1C#CCC(C(F)(F)F)C1. The van der Waals surface area contributed by atoms with Crippen molar-refractivity contribution < 1.29 is 26.3 Å². The summed E-state index contributed by atoms with van der Waals surface area (Å²) in [7, 11) is 0. The molecule has 0 spiro atoms. The minimum absolute atomic E-state index is 0.532. The van der Waals surface area contributed by atoms with Crippen LogP contribution in [0.25, 0.3) is 0 Å². The Kier molecular flexibility index (Phi) is 2.70. The normalized spacial score (nSPS) is 28.1. The molecule has 6 heteroatoms. The molecule has 0 saturated heterocycles. The topological polar surface area (TPSA) is 0 Å². The van der Waals surface area contributed by atoms with Crippen LogP contribution >= 0.6 is 0 Å². The van der Waals surface area contributed by atoms with Gasteiger partial charge in [-0.2, -0.15) is 26.3 Å². The molecule has 0 nitrogen and oxygen atoms in total. The summed E-state index contributed by atoms with van der Waals surface area (Å²) in [6, 6.07) is 0. The van der Waals surface area contributed by atoms with E-state index in [1.165, 1.54) is 0 Å². The molecule has 0 fully saturated rings. The lowest BCUT2D eigenvalue weighted by atomic mass is 9.87. The van der Waals surface area contributed by atoms with Crippen LogP contribution in [0.1, 0.15) is 12.8 Å². The standard InChI is InChI=1S/C8H6F6/c9-7(10,11)5-2-1-3-6(4-5)8(12,13)14/h5-6H,2,4H2. The van der Waals surface area contributed by atoms with Gasteiger partial charge in [-0.05, 0) is 6.42 Å². The van der Waals surface area contributed by atoms with Gasteiger partial charge in [-0.25, -0.2) is 0 Å². The first-order valence-electron chi connectivity index (χ1n) is 3.83. The Hall–Kier alpha value is -0.860. The van der Waals surface area contributed by atoms with Crippen molar-refractivity contribution in [2.24, 2.45) is 11.8 Å². The van der Waals surface area contributed by atoms with Crippen molar-refractivity contribution in [1.29, 1.82) is 0 Å². The van der Waals surface area contributed by atoms with Crippen LogP contribution in [0.5, 0.6) is 0 Å². The quantitative estimate of drug-likeness (QED) is 0.431. The Balaban J connectivity index is 2.74. The minimum atomic E-state index is -4.66. The molecule has 80 valence electrons. The lowest BCUT2D eigenvalue weighted by Gasteiger charge is -2.25. The minimum Gasteiger partial charge on any atom is -0.171 e. The maximum atomic E-state index is 12.1. The van der Waals surface area contributed by atoms with Gasteiger partial charge in [0.25, 0.3) is 0 Å². The molecule has 0 saturated carbocycles.